The largest absolute Gasteiger partial charge is 0.303 e. The second-order valence-corrected chi connectivity index (χ2v) is 4.43. The summed E-state index contributed by atoms with van der Waals surface area (Å²) in [6, 6.07) is 0. The van der Waals surface area contributed by atoms with Gasteiger partial charge < -0.3 is 4.90 Å². The van der Waals surface area contributed by atoms with E-state index in [0.717, 1.165) is 12.3 Å². The van der Waals surface area contributed by atoms with Crippen LogP contribution in [-0.4, -0.2) is 30.3 Å². The molecule has 0 fully saturated rings. The number of rotatable bonds is 10. The fourth-order valence-corrected chi connectivity index (χ4v) is 1.93. The highest BCUT2D eigenvalue weighted by Crippen LogP contribution is 2.02. The van der Waals surface area contributed by atoms with E-state index in [1.54, 1.807) is 0 Å². The SMILES string of the molecule is CCCCCN(CCS)CCCCC. The molecule has 0 aliphatic carbocycles. The summed E-state index contributed by atoms with van der Waals surface area (Å²) in [7, 11) is 0. The standard InChI is InChI=1S/C12H27NS/c1-3-5-7-9-13(11-12-14)10-8-6-4-2/h14H,3-12H2,1-2H3. The minimum atomic E-state index is 0.998. The van der Waals surface area contributed by atoms with Gasteiger partial charge in [-0.15, -0.1) is 0 Å². The molecule has 0 amide bonds. The van der Waals surface area contributed by atoms with Gasteiger partial charge in [-0.1, -0.05) is 39.5 Å². The van der Waals surface area contributed by atoms with Gasteiger partial charge in [-0.2, -0.15) is 12.6 Å². The van der Waals surface area contributed by atoms with Crippen LogP contribution in [0.5, 0.6) is 0 Å². The third-order valence-corrected chi connectivity index (χ3v) is 2.77. The van der Waals surface area contributed by atoms with Gasteiger partial charge >= 0.3 is 0 Å². The molecule has 0 aromatic heterocycles. The molecule has 0 aromatic rings. The molecule has 14 heavy (non-hydrogen) atoms. The van der Waals surface area contributed by atoms with Crippen LogP contribution < -0.4 is 0 Å². The average molecular weight is 217 g/mol. The zero-order chi connectivity index (χ0) is 10.6. The monoisotopic (exact) mass is 217 g/mol. The van der Waals surface area contributed by atoms with Crippen molar-refractivity contribution in [1.29, 1.82) is 0 Å². The van der Waals surface area contributed by atoms with Crippen molar-refractivity contribution in [3.05, 3.63) is 0 Å². The van der Waals surface area contributed by atoms with E-state index in [9.17, 15) is 0 Å². The molecule has 0 bridgehead atoms. The van der Waals surface area contributed by atoms with E-state index < -0.39 is 0 Å². The van der Waals surface area contributed by atoms with E-state index in [-0.39, 0.29) is 0 Å². The van der Waals surface area contributed by atoms with Crippen LogP contribution in [-0.2, 0) is 0 Å². The Bertz CT molecular complexity index is 96.5. The van der Waals surface area contributed by atoms with Gasteiger partial charge in [-0.05, 0) is 25.9 Å². The second-order valence-electron chi connectivity index (χ2n) is 3.98. The smallest absolute Gasteiger partial charge is 0.00698 e. The first-order chi connectivity index (χ1) is 6.85. The Kier molecular flexibility index (Phi) is 11.6. The Morgan fingerprint density at radius 3 is 1.64 bits per heavy atom. The predicted molar refractivity (Wildman–Crippen MR) is 69.3 cm³/mol. The molecule has 0 aliphatic rings. The van der Waals surface area contributed by atoms with Crippen molar-refractivity contribution >= 4 is 12.6 Å². The van der Waals surface area contributed by atoms with Crippen molar-refractivity contribution in [2.45, 2.75) is 52.4 Å². The van der Waals surface area contributed by atoms with Crippen molar-refractivity contribution < 1.29 is 0 Å². The molecule has 0 aliphatic heterocycles. The highest BCUT2D eigenvalue weighted by atomic mass is 32.1. The predicted octanol–water partition coefficient (Wildman–Crippen LogP) is 3.60. The molecule has 0 saturated heterocycles. The number of hydrogen-bond acceptors (Lipinski definition) is 2. The molecular formula is C12H27NS. The topological polar surface area (TPSA) is 3.24 Å². The second kappa shape index (κ2) is 11.4. The Hall–Kier alpha value is 0.310. The normalized spacial score (nSPS) is 11.1. The lowest BCUT2D eigenvalue weighted by Crippen LogP contribution is -2.28. The number of unbranched alkanes of at least 4 members (excludes halogenated alkanes) is 4. The molecule has 0 atom stereocenters. The van der Waals surface area contributed by atoms with Gasteiger partial charge in [-0.3, -0.25) is 0 Å². The van der Waals surface area contributed by atoms with Gasteiger partial charge in [0.05, 0.1) is 0 Å². The third kappa shape index (κ3) is 8.89. The van der Waals surface area contributed by atoms with Crippen LogP contribution in [0.2, 0.25) is 0 Å². The minimum absolute atomic E-state index is 0.998. The van der Waals surface area contributed by atoms with Gasteiger partial charge in [0, 0.05) is 12.3 Å². The summed E-state index contributed by atoms with van der Waals surface area (Å²) in [6.07, 6.45) is 8.11. The summed E-state index contributed by atoms with van der Waals surface area (Å²) in [5, 5.41) is 0. The molecule has 0 aromatic carbocycles. The molecule has 1 nitrogen and oxygen atoms in total. The highest BCUT2D eigenvalue weighted by Gasteiger charge is 2.02. The zero-order valence-corrected chi connectivity index (χ0v) is 10.9. The number of thiol groups is 1. The van der Waals surface area contributed by atoms with Crippen molar-refractivity contribution in [2.75, 3.05) is 25.4 Å². The molecule has 0 N–H and O–H groups in total. The van der Waals surface area contributed by atoms with Crippen LogP contribution in [0.1, 0.15) is 52.4 Å². The van der Waals surface area contributed by atoms with Gasteiger partial charge in [0.15, 0.2) is 0 Å². The van der Waals surface area contributed by atoms with Crippen molar-refractivity contribution in [3.63, 3.8) is 0 Å². The quantitative estimate of drug-likeness (QED) is 0.432. The van der Waals surface area contributed by atoms with Gasteiger partial charge in [-0.25, -0.2) is 0 Å². The molecule has 0 saturated carbocycles. The Morgan fingerprint density at radius 2 is 1.29 bits per heavy atom. The van der Waals surface area contributed by atoms with E-state index in [2.05, 4.69) is 31.4 Å². The summed E-state index contributed by atoms with van der Waals surface area (Å²) in [4.78, 5) is 2.57. The molecule has 2 heteroatoms. The maximum Gasteiger partial charge on any atom is 0.00698 e. The fraction of sp³-hybridized carbons (Fsp3) is 1.00. The van der Waals surface area contributed by atoms with Gasteiger partial charge in [0.25, 0.3) is 0 Å². The van der Waals surface area contributed by atoms with Crippen LogP contribution in [0, 0.1) is 0 Å². The maximum atomic E-state index is 4.31. The van der Waals surface area contributed by atoms with Crippen LogP contribution in [0.4, 0.5) is 0 Å². The van der Waals surface area contributed by atoms with E-state index in [1.807, 2.05) is 0 Å². The maximum absolute atomic E-state index is 4.31. The Labute approximate surface area is 95.7 Å². The molecule has 0 unspecified atom stereocenters. The lowest BCUT2D eigenvalue weighted by molar-refractivity contribution is 0.278. The van der Waals surface area contributed by atoms with Gasteiger partial charge in [0.1, 0.15) is 0 Å². The van der Waals surface area contributed by atoms with E-state index in [1.165, 1.54) is 51.6 Å². The lowest BCUT2D eigenvalue weighted by Gasteiger charge is -2.21. The molecule has 86 valence electrons. The van der Waals surface area contributed by atoms with Crippen LogP contribution >= 0.6 is 12.6 Å². The van der Waals surface area contributed by atoms with Crippen molar-refractivity contribution in [3.8, 4) is 0 Å². The van der Waals surface area contributed by atoms with Crippen LogP contribution in [0.15, 0.2) is 0 Å². The van der Waals surface area contributed by atoms with Crippen molar-refractivity contribution in [2.24, 2.45) is 0 Å². The molecule has 0 radical (unpaired) electrons. The summed E-state index contributed by atoms with van der Waals surface area (Å²) < 4.78 is 0. The summed E-state index contributed by atoms with van der Waals surface area (Å²) in [5.41, 5.74) is 0. The summed E-state index contributed by atoms with van der Waals surface area (Å²) in [5.74, 6) is 0.998. The lowest BCUT2D eigenvalue weighted by atomic mass is 10.2. The van der Waals surface area contributed by atoms with Gasteiger partial charge in [0.2, 0.25) is 0 Å². The molecule has 0 rings (SSSR count). The summed E-state index contributed by atoms with van der Waals surface area (Å²) >= 11 is 4.31. The molecule has 0 spiro atoms. The molecule has 0 heterocycles. The van der Waals surface area contributed by atoms with E-state index in [0.29, 0.717) is 0 Å². The molecular weight excluding hydrogens is 190 g/mol. The van der Waals surface area contributed by atoms with E-state index in [4.69, 9.17) is 0 Å². The number of hydrogen-bond donors (Lipinski definition) is 1. The van der Waals surface area contributed by atoms with Crippen molar-refractivity contribution in [1.82, 2.24) is 4.90 Å². The number of nitrogens with zero attached hydrogens (tertiary/aromatic N) is 1. The first-order valence-corrected chi connectivity index (χ1v) is 6.81. The minimum Gasteiger partial charge on any atom is -0.303 e. The van der Waals surface area contributed by atoms with Crippen LogP contribution in [0.25, 0.3) is 0 Å². The Morgan fingerprint density at radius 1 is 0.786 bits per heavy atom. The fourth-order valence-electron chi connectivity index (χ4n) is 1.65. The zero-order valence-electron chi connectivity index (χ0n) is 9.97. The first-order valence-electron chi connectivity index (χ1n) is 6.18. The first kappa shape index (κ1) is 14.3. The third-order valence-electron chi connectivity index (χ3n) is 2.57. The van der Waals surface area contributed by atoms with E-state index >= 15 is 0 Å². The Balaban J connectivity index is 3.44. The summed E-state index contributed by atoms with van der Waals surface area (Å²) in [6.45, 7) is 8.24. The van der Waals surface area contributed by atoms with Crippen LogP contribution in [0.3, 0.4) is 0 Å². The highest BCUT2D eigenvalue weighted by molar-refractivity contribution is 7.80. The average Bonchev–Trinajstić information content (AvgIpc) is 2.18.